The van der Waals surface area contributed by atoms with E-state index in [-0.39, 0.29) is 35.5 Å². The first-order chi connectivity index (χ1) is 19.7. The number of carboxylic acid groups (broad SMARTS) is 1. The predicted octanol–water partition coefficient (Wildman–Crippen LogP) is 8.10. The third kappa shape index (κ3) is 5.40. The Kier molecular flexibility index (Phi) is 7.30. The van der Waals surface area contributed by atoms with Crippen LogP contribution < -0.4 is 4.74 Å². The molecule has 3 fully saturated rings. The Balaban J connectivity index is 1.18. The highest BCUT2D eigenvalue weighted by Gasteiger charge is 2.51. The number of hydrogen-bond acceptors (Lipinski definition) is 3. The number of ether oxygens (including phenoxy) is 1. The highest BCUT2D eigenvalue weighted by atomic mass is 19.4. The number of likely N-dealkylation sites (tertiary alicyclic amines) is 1. The fourth-order valence-corrected chi connectivity index (χ4v) is 7.97. The van der Waals surface area contributed by atoms with E-state index in [1.54, 1.807) is 13.8 Å². The molecule has 0 spiro atoms. The maximum Gasteiger partial charge on any atom is 0.416 e. The summed E-state index contributed by atoms with van der Waals surface area (Å²) in [5.41, 5.74) is -0.351. The lowest BCUT2D eigenvalue weighted by Gasteiger charge is -2.40. The third-order valence-electron chi connectivity index (χ3n) is 10.3. The molecule has 2 aliphatic carbocycles. The molecule has 4 aliphatic rings. The van der Waals surface area contributed by atoms with Gasteiger partial charge in [-0.1, -0.05) is 19.1 Å². The van der Waals surface area contributed by atoms with Gasteiger partial charge in [0, 0.05) is 24.5 Å². The summed E-state index contributed by atoms with van der Waals surface area (Å²) in [7, 11) is 0. The number of piperidine rings is 1. The van der Waals surface area contributed by atoms with Crippen molar-refractivity contribution < 1.29 is 41.0 Å². The van der Waals surface area contributed by atoms with Crippen LogP contribution in [0.5, 0.6) is 5.75 Å². The lowest BCUT2D eigenvalue weighted by molar-refractivity contribution is -0.142. The molecule has 42 heavy (non-hydrogen) atoms. The number of benzene rings is 2. The van der Waals surface area contributed by atoms with Gasteiger partial charge in [-0.25, -0.2) is 0 Å². The van der Waals surface area contributed by atoms with Gasteiger partial charge >= 0.3 is 18.3 Å². The highest BCUT2D eigenvalue weighted by Crippen LogP contribution is 2.52. The second kappa shape index (κ2) is 10.5. The zero-order valence-electron chi connectivity index (χ0n) is 23.5. The molecule has 2 heterocycles. The van der Waals surface area contributed by atoms with Gasteiger partial charge in [-0.3, -0.25) is 9.69 Å². The summed E-state index contributed by atoms with van der Waals surface area (Å²) in [6.07, 6.45) is -4.35. The molecule has 10 heteroatoms. The minimum absolute atomic E-state index is 0.0300. The average Bonchev–Trinajstić information content (AvgIpc) is 3.55. The van der Waals surface area contributed by atoms with Gasteiger partial charge in [0.1, 0.15) is 11.9 Å². The van der Waals surface area contributed by atoms with Crippen LogP contribution in [0.25, 0.3) is 0 Å². The molecular formula is C32H35F6NO3. The molecule has 6 rings (SSSR count). The number of alkyl halides is 6. The number of hydrogen-bond donors (Lipinski definition) is 1. The maximum absolute atomic E-state index is 13.8. The van der Waals surface area contributed by atoms with Gasteiger partial charge in [-0.05, 0) is 104 Å². The normalized spacial score (nSPS) is 28.2. The van der Waals surface area contributed by atoms with Crippen LogP contribution in [0.1, 0.15) is 85.7 Å². The van der Waals surface area contributed by atoms with Crippen molar-refractivity contribution in [3.05, 3.63) is 64.2 Å². The van der Waals surface area contributed by atoms with Gasteiger partial charge in [0.25, 0.3) is 0 Å². The first-order valence-electron chi connectivity index (χ1n) is 14.8. The zero-order chi connectivity index (χ0) is 30.1. The highest BCUT2D eigenvalue weighted by molar-refractivity contribution is 5.71. The fraction of sp³-hybridized carbons (Fsp3) is 0.594. The van der Waals surface area contributed by atoms with E-state index in [0.717, 1.165) is 55.4 Å². The van der Waals surface area contributed by atoms with E-state index in [1.807, 2.05) is 23.1 Å². The first-order valence-corrected chi connectivity index (χ1v) is 14.8. The Morgan fingerprint density at radius 1 is 0.976 bits per heavy atom. The van der Waals surface area contributed by atoms with E-state index in [0.29, 0.717) is 30.7 Å². The van der Waals surface area contributed by atoms with Crippen LogP contribution in [0.3, 0.4) is 0 Å². The number of nitrogens with zero attached hydrogens (tertiary/aromatic N) is 1. The Morgan fingerprint density at radius 2 is 1.71 bits per heavy atom. The molecule has 4 nitrogen and oxygen atoms in total. The Hall–Kier alpha value is -2.75. The largest absolute Gasteiger partial charge is 0.490 e. The van der Waals surface area contributed by atoms with Crippen LogP contribution in [0.15, 0.2) is 36.4 Å². The van der Waals surface area contributed by atoms with Crippen LogP contribution >= 0.6 is 0 Å². The molecule has 1 saturated heterocycles. The van der Waals surface area contributed by atoms with E-state index < -0.39 is 41.4 Å². The smallest absolute Gasteiger partial charge is 0.416 e. The average molecular weight is 596 g/mol. The molecule has 7 atom stereocenters. The van der Waals surface area contributed by atoms with E-state index in [9.17, 15) is 36.2 Å². The SMILES string of the molecule is C[C@H](C(=O)O)[C@H](c1ccc2c(c1)OC(C1CC3CC1CN3[C@H](C)c1cc(C(F)(F)F)ccc1C(F)(F)F)CC2)C1CC1. The monoisotopic (exact) mass is 595 g/mol. The summed E-state index contributed by atoms with van der Waals surface area (Å²) in [6.45, 7) is 3.84. The summed E-state index contributed by atoms with van der Waals surface area (Å²) < 4.78 is 88.2. The van der Waals surface area contributed by atoms with Crippen molar-refractivity contribution in [2.45, 2.75) is 88.8 Å². The van der Waals surface area contributed by atoms with Gasteiger partial charge in [0.15, 0.2) is 0 Å². The van der Waals surface area contributed by atoms with Crippen LogP contribution in [-0.2, 0) is 23.6 Å². The molecule has 2 bridgehead atoms. The number of carbonyl (C=O) groups is 1. The Bertz CT molecular complexity index is 1350. The molecule has 0 radical (unpaired) electrons. The van der Waals surface area contributed by atoms with E-state index >= 15 is 0 Å². The van der Waals surface area contributed by atoms with Gasteiger partial charge < -0.3 is 9.84 Å². The van der Waals surface area contributed by atoms with Crippen LogP contribution in [0.2, 0.25) is 0 Å². The quantitative estimate of drug-likeness (QED) is 0.329. The molecule has 1 N–H and O–H groups in total. The van der Waals surface area contributed by atoms with Crippen LogP contribution in [0, 0.1) is 23.7 Å². The number of aryl methyl sites for hydroxylation is 1. The number of aliphatic carboxylic acids is 1. The van der Waals surface area contributed by atoms with Gasteiger partial charge in [-0.15, -0.1) is 0 Å². The van der Waals surface area contributed by atoms with Crippen molar-refractivity contribution in [3.63, 3.8) is 0 Å². The summed E-state index contributed by atoms with van der Waals surface area (Å²) in [5.74, 6) is 0.168. The van der Waals surface area contributed by atoms with Gasteiger partial charge in [0.2, 0.25) is 0 Å². The summed E-state index contributed by atoms with van der Waals surface area (Å²) in [4.78, 5) is 13.7. The molecule has 0 aromatic heterocycles. The number of carboxylic acids is 1. The fourth-order valence-electron chi connectivity index (χ4n) is 7.97. The van der Waals surface area contributed by atoms with Crippen molar-refractivity contribution >= 4 is 5.97 Å². The van der Waals surface area contributed by atoms with Crippen LogP contribution in [0.4, 0.5) is 26.3 Å². The predicted molar refractivity (Wildman–Crippen MR) is 143 cm³/mol. The molecule has 2 saturated carbocycles. The number of rotatable bonds is 7. The summed E-state index contributed by atoms with van der Waals surface area (Å²) in [5, 5.41) is 9.67. The number of halogens is 6. The minimum Gasteiger partial charge on any atom is -0.490 e. The van der Waals surface area contributed by atoms with E-state index in [4.69, 9.17) is 4.74 Å². The molecule has 228 valence electrons. The maximum atomic E-state index is 13.8. The molecule has 2 aliphatic heterocycles. The van der Waals surface area contributed by atoms with E-state index in [1.165, 1.54) is 0 Å². The van der Waals surface area contributed by atoms with Crippen molar-refractivity contribution in [2.75, 3.05) is 6.54 Å². The molecule has 0 amide bonds. The van der Waals surface area contributed by atoms with E-state index in [2.05, 4.69) is 0 Å². The van der Waals surface area contributed by atoms with Gasteiger partial charge in [-0.2, -0.15) is 26.3 Å². The Labute approximate surface area is 241 Å². The lowest BCUT2D eigenvalue weighted by atomic mass is 9.81. The number of fused-ring (bicyclic) bond motifs is 3. The van der Waals surface area contributed by atoms with Crippen molar-refractivity contribution in [2.24, 2.45) is 23.7 Å². The molecular weight excluding hydrogens is 560 g/mol. The molecule has 2 aromatic rings. The summed E-state index contributed by atoms with van der Waals surface area (Å²) in [6, 6.07) is 6.96. The second-order valence-corrected chi connectivity index (χ2v) is 12.8. The zero-order valence-corrected chi connectivity index (χ0v) is 23.5. The van der Waals surface area contributed by atoms with Crippen LogP contribution in [-0.4, -0.2) is 34.7 Å². The third-order valence-corrected chi connectivity index (χ3v) is 10.3. The van der Waals surface area contributed by atoms with Crippen molar-refractivity contribution in [1.29, 1.82) is 0 Å². The van der Waals surface area contributed by atoms with Crippen molar-refractivity contribution in [3.8, 4) is 5.75 Å². The summed E-state index contributed by atoms with van der Waals surface area (Å²) >= 11 is 0. The topological polar surface area (TPSA) is 49.8 Å². The molecule has 2 aromatic carbocycles. The Morgan fingerprint density at radius 3 is 2.31 bits per heavy atom. The second-order valence-electron chi connectivity index (χ2n) is 12.8. The van der Waals surface area contributed by atoms with Crippen molar-refractivity contribution in [1.82, 2.24) is 4.90 Å². The minimum atomic E-state index is -4.75. The van der Waals surface area contributed by atoms with Gasteiger partial charge in [0.05, 0.1) is 17.0 Å². The first kappa shape index (κ1) is 29.3. The lowest BCUT2D eigenvalue weighted by Crippen LogP contribution is -2.43. The molecule has 4 unspecified atom stereocenters. The standard InChI is InChI=1S/C32H35F6NO3/c1-16(30(40)41)29(19-4-5-19)20-6-3-18-7-10-27(42-28(18)12-20)25-14-23-11-21(25)15-39(23)17(2)24-13-22(31(33,34)35)8-9-26(24)32(36,37)38/h3,6,8-9,12-13,16-17,19,21,23,25,27,29H,4-5,7,10-11,14-15H2,1-2H3,(H,40,41)/t16-,17+,21?,23?,25?,27?,29-/m0/s1.